The lowest BCUT2D eigenvalue weighted by atomic mass is 10.1. The van der Waals surface area contributed by atoms with Gasteiger partial charge in [-0.25, -0.2) is 4.79 Å². The number of nitrogens with zero attached hydrogens (tertiary/aromatic N) is 1. The number of imide groups is 1. The molecule has 0 N–H and O–H groups in total. The summed E-state index contributed by atoms with van der Waals surface area (Å²) in [4.78, 5) is 37.9. The molecule has 2 aromatic carbocycles. The Morgan fingerprint density at radius 2 is 1.56 bits per heavy atom. The highest BCUT2D eigenvalue weighted by Crippen LogP contribution is 2.39. The molecular formula is C20H15NO4. The molecule has 4 rings (SSSR count). The lowest BCUT2D eigenvalue weighted by Gasteiger charge is -2.28. The van der Waals surface area contributed by atoms with Crippen LogP contribution in [0, 0.1) is 0 Å². The molecule has 0 radical (unpaired) electrons. The molecule has 0 unspecified atom stereocenters. The predicted octanol–water partition coefficient (Wildman–Crippen LogP) is 2.43. The minimum Gasteiger partial charge on any atom is -0.456 e. The van der Waals surface area contributed by atoms with E-state index < -0.39 is 18.1 Å². The number of fused-ring (bicyclic) bond motifs is 1. The van der Waals surface area contributed by atoms with Gasteiger partial charge in [0.1, 0.15) is 12.1 Å². The van der Waals surface area contributed by atoms with Crippen molar-refractivity contribution < 1.29 is 19.1 Å². The summed E-state index contributed by atoms with van der Waals surface area (Å²) in [5, 5.41) is 0. The third-order valence-corrected chi connectivity index (χ3v) is 4.54. The third kappa shape index (κ3) is 2.63. The van der Waals surface area contributed by atoms with Crippen LogP contribution in [0.3, 0.4) is 0 Å². The molecule has 0 aromatic heterocycles. The quantitative estimate of drug-likeness (QED) is 0.639. The number of amides is 2. The van der Waals surface area contributed by atoms with E-state index in [-0.39, 0.29) is 11.8 Å². The monoisotopic (exact) mass is 333 g/mol. The molecule has 2 amide bonds. The molecule has 2 aliphatic rings. The second-order valence-corrected chi connectivity index (χ2v) is 6.04. The molecule has 5 heteroatoms. The van der Waals surface area contributed by atoms with E-state index >= 15 is 0 Å². The van der Waals surface area contributed by atoms with E-state index in [2.05, 4.69) is 0 Å². The summed E-state index contributed by atoms with van der Waals surface area (Å²) in [5.74, 6) is -1.23. The Labute approximate surface area is 144 Å². The third-order valence-electron chi connectivity index (χ3n) is 4.54. The van der Waals surface area contributed by atoms with Crippen molar-refractivity contribution in [3.05, 3.63) is 83.4 Å². The van der Waals surface area contributed by atoms with Crippen LogP contribution in [0.15, 0.2) is 66.7 Å². The van der Waals surface area contributed by atoms with Gasteiger partial charge >= 0.3 is 5.97 Å². The Balaban J connectivity index is 1.66. The Hall–Kier alpha value is -3.21. The fourth-order valence-electron chi connectivity index (χ4n) is 3.41. The summed E-state index contributed by atoms with van der Waals surface area (Å²) in [6, 6.07) is 15.6. The minimum atomic E-state index is -0.599. The summed E-state index contributed by atoms with van der Waals surface area (Å²) in [6.45, 7) is 0. The van der Waals surface area contributed by atoms with E-state index in [1.807, 2.05) is 30.3 Å². The summed E-state index contributed by atoms with van der Waals surface area (Å²) < 4.78 is 5.69. The normalized spacial score (nSPS) is 21.5. The predicted molar refractivity (Wildman–Crippen MR) is 89.5 cm³/mol. The van der Waals surface area contributed by atoms with Crippen LogP contribution in [0.1, 0.15) is 27.5 Å². The lowest BCUT2D eigenvalue weighted by molar-refractivity contribution is -0.142. The maximum atomic E-state index is 12.4. The fraction of sp³-hybridized carbons (Fsp3) is 0.150. The number of rotatable bonds is 3. The molecule has 0 saturated carbocycles. The highest BCUT2D eigenvalue weighted by Gasteiger charge is 2.44. The van der Waals surface area contributed by atoms with E-state index in [9.17, 15) is 14.4 Å². The number of benzene rings is 2. The summed E-state index contributed by atoms with van der Waals surface area (Å²) in [6.07, 6.45) is 2.37. The van der Waals surface area contributed by atoms with Crippen molar-refractivity contribution in [2.24, 2.45) is 0 Å². The Morgan fingerprint density at radius 3 is 2.28 bits per heavy atom. The fourth-order valence-corrected chi connectivity index (χ4v) is 3.41. The second-order valence-electron chi connectivity index (χ2n) is 6.04. The van der Waals surface area contributed by atoms with Gasteiger partial charge in [-0.1, -0.05) is 42.5 Å². The number of esters is 1. The zero-order valence-corrected chi connectivity index (χ0v) is 13.3. The van der Waals surface area contributed by atoms with Crippen LogP contribution < -0.4 is 0 Å². The number of carbonyl (C=O) groups is 3. The molecule has 0 spiro atoms. The summed E-state index contributed by atoms with van der Waals surface area (Å²) >= 11 is 0. The van der Waals surface area contributed by atoms with Gasteiger partial charge in [0, 0.05) is 18.6 Å². The van der Waals surface area contributed by atoms with Gasteiger partial charge in [-0.2, -0.15) is 0 Å². The largest absolute Gasteiger partial charge is 0.456 e. The average Bonchev–Trinajstić information content (AvgIpc) is 3.14. The molecule has 0 saturated heterocycles. The van der Waals surface area contributed by atoms with Crippen molar-refractivity contribution in [3.63, 3.8) is 0 Å². The van der Waals surface area contributed by atoms with Crippen LogP contribution in [0.2, 0.25) is 0 Å². The minimum absolute atomic E-state index is 0.382. The van der Waals surface area contributed by atoms with Crippen molar-refractivity contribution in [3.8, 4) is 0 Å². The van der Waals surface area contributed by atoms with Gasteiger partial charge in [0.05, 0.1) is 5.56 Å². The van der Waals surface area contributed by atoms with Crippen molar-refractivity contribution in [2.75, 3.05) is 0 Å². The van der Waals surface area contributed by atoms with Gasteiger partial charge in [-0.05, 0) is 23.3 Å². The molecule has 0 bridgehead atoms. The molecule has 2 aromatic rings. The van der Waals surface area contributed by atoms with Gasteiger partial charge in [0.15, 0.2) is 0 Å². The number of hydrogen-bond donors (Lipinski definition) is 0. The standard InChI is InChI=1S/C20H15NO4/c22-17-10-11-18(23)21(17)19-15-9-5-4-8-14(15)12-16(19)25-20(24)13-6-2-1-3-7-13/h1-11,16,19H,12H2/t16-,19-/m0/s1. The Kier molecular flexibility index (Phi) is 3.69. The first-order valence-corrected chi connectivity index (χ1v) is 8.04. The van der Waals surface area contributed by atoms with Gasteiger partial charge in [0.2, 0.25) is 0 Å². The van der Waals surface area contributed by atoms with Gasteiger partial charge < -0.3 is 4.74 Å². The molecule has 1 aliphatic carbocycles. The van der Waals surface area contributed by atoms with Crippen molar-refractivity contribution in [1.29, 1.82) is 0 Å². The lowest BCUT2D eigenvalue weighted by Crippen LogP contribution is -2.40. The van der Waals surface area contributed by atoms with Crippen LogP contribution in [0.25, 0.3) is 0 Å². The van der Waals surface area contributed by atoms with E-state index in [1.165, 1.54) is 17.1 Å². The second kappa shape index (κ2) is 6.02. The first-order valence-electron chi connectivity index (χ1n) is 8.04. The molecule has 1 heterocycles. The van der Waals surface area contributed by atoms with Crippen LogP contribution in [0.5, 0.6) is 0 Å². The highest BCUT2D eigenvalue weighted by atomic mass is 16.5. The molecular weight excluding hydrogens is 318 g/mol. The maximum absolute atomic E-state index is 12.4. The van der Waals surface area contributed by atoms with E-state index in [1.54, 1.807) is 24.3 Å². The first kappa shape index (κ1) is 15.3. The average molecular weight is 333 g/mol. The zero-order valence-electron chi connectivity index (χ0n) is 13.3. The summed E-state index contributed by atoms with van der Waals surface area (Å²) in [7, 11) is 0. The molecule has 5 nitrogen and oxygen atoms in total. The smallest absolute Gasteiger partial charge is 0.338 e. The van der Waals surface area contributed by atoms with Gasteiger partial charge in [-0.3, -0.25) is 14.5 Å². The van der Waals surface area contributed by atoms with Gasteiger partial charge in [0.25, 0.3) is 11.8 Å². The highest BCUT2D eigenvalue weighted by molar-refractivity contribution is 6.13. The van der Waals surface area contributed by atoms with Crippen LogP contribution in [-0.4, -0.2) is 28.8 Å². The zero-order chi connectivity index (χ0) is 17.4. The molecule has 25 heavy (non-hydrogen) atoms. The Morgan fingerprint density at radius 1 is 0.920 bits per heavy atom. The van der Waals surface area contributed by atoms with E-state index in [4.69, 9.17) is 4.74 Å². The van der Waals surface area contributed by atoms with Crippen molar-refractivity contribution in [1.82, 2.24) is 4.90 Å². The van der Waals surface area contributed by atoms with Crippen LogP contribution in [-0.2, 0) is 20.7 Å². The van der Waals surface area contributed by atoms with E-state index in [0.717, 1.165) is 11.1 Å². The molecule has 124 valence electrons. The molecule has 0 fully saturated rings. The van der Waals surface area contributed by atoms with Crippen LogP contribution in [0.4, 0.5) is 0 Å². The molecule has 1 aliphatic heterocycles. The topological polar surface area (TPSA) is 63.7 Å². The van der Waals surface area contributed by atoms with Crippen molar-refractivity contribution >= 4 is 17.8 Å². The number of hydrogen-bond acceptors (Lipinski definition) is 4. The maximum Gasteiger partial charge on any atom is 0.338 e. The number of carbonyl (C=O) groups excluding carboxylic acids is 3. The van der Waals surface area contributed by atoms with Crippen molar-refractivity contribution in [2.45, 2.75) is 18.6 Å². The van der Waals surface area contributed by atoms with Crippen LogP contribution >= 0.6 is 0 Å². The summed E-state index contributed by atoms with van der Waals surface area (Å²) in [5.41, 5.74) is 2.26. The SMILES string of the molecule is O=C(O[C@H]1Cc2ccccc2[C@@H]1N1C(=O)C=CC1=O)c1ccccc1. The molecule has 2 atom stereocenters. The first-order chi connectivity index (χ1) is 12.1. The van der Waals surface area contributed by atoms with Gasteiger partial charge in [-0.15, -0.1) is 0 Å². The Bertz CT molecular complexity index is 870. The van der Waals surface area contributed by atoms with E-state index in [0.29, 0.717) is 12.0 Å². The number of ether oxygens (including phenoxy) is 1.